The number of hydrogen-bond donors (Lipinski definition) is 2. The third kappa shape index (κ3) is 3.75. The number of hydrogen-bond acceptors (Lipinski definition) is 5. The van der Waals surface area contributed by atoms with Crippen LogP contribution >= 0.6 is 12.2 Å². The van der Waals surface area contributed by atoms with Gasteiger partial charge in [-0.2, -0.15) is 4.98 Å². The Hall–Kier alpha value is -1.95. The van der Waals surface area contributed by atoms with Gasteiger partial charge in [0, 0.05) is 5.56 Å². The molecule has 19 heavy (non-hydrogen) atoms. The molecular weight excluding hydrogens is 260 g/mol. The molecule has 0 aliphatic rings. The molecule has 0 spiro atoms. The summed E-state index contributed by atoms with van der Waals surface area (Å²) >= 11 is 4.94. The number of aromatic amines is 1. The molecule has 1 heterocycles. The number of aromatic nitrogens is 3. The first-order valence-electron chi connectivity index (χ1n) is 6.16. The van der Waals surface area contributed by atoms with Crippen LogP contribution in [0.5, 0.6) is 5.75 Å². The van der Waals surface area contributed by atoms with Gasteiger partial charge in [-0.3, -0.25) is 0 Å². The second-order valence-electron chi connectivity index (χ2n) is 4.09. The van der Waals surface area contributed by atoms with Crippen LogP contribution in [0.3, 0.4) is 0 Å². The highest BCUT2D eigenvalue weighted by atomic mass is 32.1. The molecule has 2 aromatic rings. The first-order valence-corrected chi connectivity index (χ1v) is 6.57. The highest BCUT2D eigenvalue weighted by molar-refractivity contribution is 7.71. The van der Waals surface area contributed by atoms with E-state index in [9.17, 15) is 0 Å². The lowest BCUT2D eigenvalue weighted by atomic mass is 10.2. The van der Waals surface area contributed by atoms with Gasteiger partial charge in [0.1, 0.15) is 11.6 Å². The van der Waals surface area contributed by atoms with E-state index >= 15 is 0 Å². The van der Waals surface area contributed by atoms with Gasteiger partial charge in [-0.25, -0.2) is 4.98 Å². The lowest BCUT2D eigenvalue weighted by molar-refractivity contribution is 0.309. The monoisotopic (exact) mass is 276 g/mol. The zero-order valence-electron chi connectivity index (χ0n) is 10.7. The van der Waals surface area contributed by atoms with Crippen molar-refractivity contribution in [3.63, 3.8) is 0 Å². The molecule has 0 aliphatic heterocycles. The largest absolute Gasteiger partial charge is 0.494 e. The van der Waals surface area contributed by atoms with Gasteiger partial charge in [0.15, 0.2) is 0 Å². The molecule has 0 atom stereocenters. The van der Waals surface area contributed by atoms with Crippen LogP contribution in [0, 0.1) is 4.77 Å². The molecule has 3 N–H and O–H groups in total. The number of nitrogens with zero attached hydrogens (tertiary/aromatic N) is 2. The number of nitrogens with one attached hydrogen (secondary N) is 1. The van der Waals surface area contributed by atoms with E-state index in [-0.39, 0.29) is 10.7 Å². The van der Waals surface area contributed by atoms with Gasteiger partial charge < -0.3 is 15.5 Å². The molecule has 0 radical (unpaired) electrons. The second kappa shape index (κ2) is 6.29. The lowest BCUT2D eigenvalue weighted by Gasteiger charge is -2.06. The van der Waals surface area contributed by atoms with Gasteiger partial charge in [-0.15, -0.1) is 0 Å². The Labute approximate surface area is 116 Å². The SMILES string of the molecule is CCCCOc1ccc(-c2nc(=S)nc(N)[nH]2)cc1. The Kier molecular flexibility index (Phi) is 4.46. The minimum atomic E-state index is 0.231. The molecule has 100 valence electrons. The van der Waals surface area contributed by atoms with Crippen molar-refractivity contribution in [2.45, 2.75) is 19.8 Å². The molecule has 1 aromatic heterocycles. The average Bonchev–Trinajstić information content (AvgIpc) is 2.39. The summed E-state index contributed by atoms with van der Waals surface area (Å²) in [6.45, 7) is 2.87. The average molecular weight is 276 g/mol. The summed E-state index contributed by atoms with van der Waals surface area (Å²) in [5, 5.41) is 0. The van der Waals surface area contributed by atoms with Gasteiger partial charge in [0.2, 0.25) is 10.7 Å². The van der Waals surface area contributed by atoms with Crippen LogP contribution in [0.25, 0.3) is 11.4 Å². The molecule has 0 aliphatic carbocycles. The Morgan fingerprint density at radius 1 is 1.26 bits per heavy atom. The molecule has 5 nitrogen and oxygen atoms in total. The quantitative estimate of drug-likeness (QED) is 0.648. The van der Waals surface area contributed by atoms with Crippen molar-refractivity contribution in [3.05, 3.63) is 29.0 Å². The zero-order chi connectivity index (χ0) is 13.7. The van der Waals surface area contributed by atoms with Gasteiger partial charge in [-0.1, -0.05) is 13.3 Å². The molecule has 0 unspecified atom stereocenters. The van der Waals surface area contributed by atoms with Crippen LogP contribution in [-0.4, -0.2) is 21.6 Å². The van der Waals surface area contributed by atoms with E-state index in [1.807, 2.05) is 24.3 Å². The van der Waals surface area contributed by atoms with Crippen LogP contribution < -0.4 is 10.5 Å². The molecule has 0 bridgehead atoms. The van der Waals surface area contributed by atoms with Crippen LogP contribution in [0.15, 0.2) is 24.3 Å². The Morgan fingerprint density at radius 2 is 2.00 bits per heavy atom. The van der Waals surface area contributed by atoms with E-state index in [0.29, 0.717) is 5.82 Å². The van der Waals surface area contributed by atoms with Crippen molar-refractivity contribution < 1.29 is 4.74 Å². The molecule has 6 heteroatoms. The second-order valence-corrected chi connectivity index (χ2v) is 4.46. The van der Waals surface area contributed by atoms with Crippen LogP contribution in [0.1, 0.15) is 19.8 Å². The van der Waals surface area contributed by atoms with Crippen LogP contribution in [0.4, 0.5) is 5.95 Å². The van der Waals surface area contributed by atoms with Gasteiger partial charge >= 0.3 is 0 Å². The number of anilines is 1. The maximum absolute atomic E-state index is 5.61. The molecular formula is C13H16N4OS. The summed E-state index contributed by atoms with van der Waals surface area (Å²) < 4.78 is 5.83. The molecule has 0 amide bonds. The number of rotatable bonds is 5. The number of H-pyrrole nitrogens is 1. The topological polar surface area (TPSA) is 76.8 Å². The van der Waals surface area contributed by atoms with E-state index in [0.717, 1.165) is 30.8 Å². The number of ether oxygens (including phenoxy) is 1. The Morgan fingerprint density at radius 3 is 2.63 bits per heavy atom. The number of benzene rings is 1. The fourth-order valence-corrected chi connectivity index (χ4v) is 1.77. The Balaban J connectivity index is 2.15. The predicted octanol–water partition coefficient (Wildman–Crippen LogP) is 2.96. The molecule has 1 aromatic carbocycles. The summed E-state index contributed by atoms with van der Waals surface area (Å²) in [7, 11) is 0. The first kappa shape index (κ1) is 13.5. The van der Waals surface area contributed by atoms with Crippen molar-refractivity contribution in [3.8, 4) is 17.1 Å². The van der Waals surface area contributed by atoms with E-state index in [1.165, 1.54) is 0 Å². The van der Waals surface area contributed by atoms with E-state index in [4.69, 9.17) is 22.7 Å². The summed E-state index contributed by atoms with van der Waals surface area (Å²) in [6, 6.07) is 7.63. The highest BCUT2D eigenvalue weighted by Crippen LogP contribution is 2.19. The summed E-state index contributed by atoms with van der Waals surface area (Å²) in [5.41, 5.74) is 6.50. The third-order valence-electron chi connectivity index (χ3n) is 2.56. The highest BCUT2D eigenvalue weighted by Gasteiger charge is 2.02. The van der Waals surface area contributed by atoms with Gasteiger partial charge in [0.25, 0.3) is 0 Å². The van der Waals surface area contributed by atoms with Crippen molar-refractivity contribution in [1.29, 1.82) is 0 Å². The molecule has 0 saturated carbocycles. The smallest absolute Gasteiger partial charge is 0.224 e. The van der Waals surface area contributed by atoms with E-state index < -0.39 is 0 Å². The zero-order valence-corrected chi connectivity index (χ0v) is 11.5. The van der Waals surface area contributed by atoms with Gasteiger partial charge in [-0.05, 0) is 42.9 Å². The maximum atomic E-state index is 5.61. The summed E-state index contributed by atoms with van der Waals surface area (Å²) in [4.78, 5) is 10.8. The number of nitrogens with two attached hydrogens (primary N) is 1. The lowest BCUT2D eigenvalue weighted by Crippen LogP contribution is -2.00. The summed E-state index contributed by atoms with van der Waals surface area (Å²) in [6.07, 6.45) is 2.17. The van der Waals surface area contributed by atoms with Gasteiger partial charge in [0.05, 0.1) is 6.61 Å². The number of unbranched alkanes of at least 4 members (excludes halogenated alkanes) is 1. The van der Waals surface area contributed by atoms with Crippen LogP contribution in [0.2, 0.25) is 0 Å². The van der Waals surface area contributed by atoms with Crippen molar-refractivity contribution in [1.82, 2.24) is 15.0 Å². The maximum Gasteiger partial charge on any atom is 0.224 e. The molecule has 0 fully saturated rings. The first-order chi connectivity index (χ1) is 9.19. The number of nitrogen functional groups attached to an aromatic ring is 1. The third-order valence-corrected chi connectivity index (χ3v) is 2.75. The van der Waals surface area contributed by atoms with Crippen molar-refractivity contribution in [2.75, 3.05) is 12.3 Å². The minimum Gasteiger partial charge on any atom is -0.494 e. The van der Waals surface area contributed by atoms with E-state index in [2.05, 4.69) is 21.9 Å². The van der Waals surface area contributed by atoms with Crippen LogP contribution in [-0.2, 0) is 0 Å². The fraction of sp³-hybridized carbons (Fsp3) is 0.308. The van der Waals surface area contributed by atoms with E-state index in [1.54, 1.807) is 0 Å². The minimum absolute atomic E-state index is 0.231. The fourth-order valence-electron chi connectivity index (χ4n) is 1.58. The molecule has 0 saturated heterocycles. The van der Waals surface area contributed by atoms with Crippen molar-refractivity contribution >= 4 is 18.2 Å². The van der Waals surface area contributed by atoms with Crippen molar-refractivity contribution in [2.24, 2.45) is 0 Å². The normalized spacial score (nSPS) is 10.4. The molecule has 2 rings (SSSR count). The summed E-state index contributed by atoms with van der Waals surface area (Å²) in [5.74, 6) is 1.72. The standard InChI is InChI=1S/C13H16N4OS/c1-2-3-8-18-10-6-4-9(5-7-10)11-15-12(14)17-13(19)16-11/h4-7H,2-3,8H2,1H3,(H3,14,15,16,17,19). The Bertz CT molecular complexity index is 594. The predicted molar refractivity (Wildman–Crippen MR) is 77.5 cm³/mol.